The van der Waals surface area contributed by atoms with Crippen molar-refractivity contribution in [1.29, 1.82) is 5.26 Å². The van der Waals surface area contributed by atoms with Crippen LogP contribution >= 0.6 is 0 Å². The van der Waals surface area contributed by atoms with Gasteiger partial charge in [0.2, 0.25) is 0 Å². The molecule has 0 heterocycles. The third-order valence-electron chi connectivity index (χ3n) is 0.357. The molecule has 8 heavy (non-hydrogen) atoms. The van der Waals surface area contributed by atoms with Crippen LogP contribution in [0.5, 0.6) is 0 Å². The van der Waals surface area contributed by atoms with Gasteiger partial charge in [0.15, 0.2) is 0 Å². The van der Waals surface area contributed by atoms with Crippen molar-refractivity contribution >= 4 is 0 Å². The summed E-state index contributed by atoms with van der Waals surface area (Å²) in [5.74, 6) is 0. The molecule has 0 aliphatic carbocycles. The van der Waals surface area contributed by atoms with Gasteiger partial charge in [-0.1, -0.05) is 5.11 Å². The normalized spacial score (nSPS) is 23.4. The molecule has 0 spiro atoms. The molecule has 0 unspecified atom stereocenters. The maximum Gasteiger partial charge on any atom is 0.130 e. The van der Waals surface area contributed by atoms with E-state index in [0.29, 0.717) is 0 Å². The van der Waals surface area contributed by atoms with E-state index in [1.807, 2.05) is 0 Å². The molecule has 0 rings (SSSR count). The molecule has 0 bridgehead atoms. The lowest BCUT2D eigenvalue weighted by molar-refractivity contribution is 0.664. The van der Waals surface area contributed by atoms with Crippen LogP contribution in [0.1, 0.15) is 21.9 Å². The Kier molecular flexibility index (Phi) is 0.451. The predicted octanol–water partition coefficient (Wildman–Crippen LogP) is 1.60. The third-order valence-corrected chi connectivity index (χ3v) is 0.357. The first kappa shape index (κ1) is 1.64. The molecular weight excluding hydrogens is 104 g/mol. The Morgan fingerprint density at radius 1 is 2.00 bits per heavy atom. The third kappa shape index (κ3) is 2.06. The van der Waals surface area contributed by atoms with E-state index in [1.54, 1.807) is 0 Å². The first-order chi connectivity index (χ1) is 6.12. The van der Waals surface area contributed by atoms with E-state index in [2.05, 4.69) is 10.0 Å². The molecule has 0 radical (unpaired) electrons. The maximum atomic E-state index is 8.54. The maximum absolute atomic E-state index is 8.54. The Labute approximate surface area is 55.8 Å². The second-order valence-electron chi connectivity index (χ2n) is 1.01. The molecular formula is C4H6N4. The Morgan fingerprint density at radius 3 is 2.75 bits per heavy atom. The molecule has 42 valence electrons. The number of hydrogen-bond donors (Lipinski definition) is 0. The minimum absolute atomic E-state index is 1.05. The highest BCUT2D eigenvalue weighted by Gasteiger charge is 2.11. The molecule has 0 atom stereocenters. The molecule has 0 N–H and O–H groups in total. The summed E-state index contributed by atoms with van der Waals surface area (Å²) in [6.07, 6.45) is 0. The number of nitrogens with zero attached hydrogens (tertiary/aromatic N) is 4. The fraction of sp³-hybridized carbons (Fsp3) is 0.750. The fourth-order valence-electron chi connectivity index (χ4n) is 0.0894. The summed E-state index contributed by atoms with van der Waals surface area (Å²) >= 11 is 0. The van der Waals surface area contributed by atoms with E-state index in [4.69, 9.17) is 19.0 Å². The van der Waals surface area contributed by atoms with Crippen molar-refractivity contribution in [2.45, 2.75) is 19.2 Å². The highest BCUT2D eigenvalue weighted by atomic mass is 15.2. The van der Waals surface area contributed by atoms with Crippen molar-refractivity contribution in [1.82, 2.24) is 0 Å². The topological polar surface area (TPSA) is 72.5 Å². The van der Waals surface area contributed by atoms with Crippen molar-refractivity contribution in [2.75, 3.05) is 0 Å². The van der Waals surface area contributed by atoms with Gasteiger partial charge in [-0.05, 0) is 19.2 Å². The van der Waals surface area contributed by atoms with Gasteiger partial charge in [-0.2, -0.15) is 5.26 Å². The van der Waals surface area contributed by atoms with Gasteiger partial charge in [0.1, 0.15) is 5.54 Å². The molecule has 4 heteroatoms. The van der Waals surface area contributed by atoms with Crippen LogP contribution in [0.3, 0.4) is 0 Å². The largest absolute Gasteiger partial charge is 0.198 e. The summed E-state index contributed by atoms with van der Waals surface area (Å²) in [5, 5.41) is 11.2. The molecule has 0 aromatic rings. The Bertz CT molecular complexity index is 287. The van der Waals surface area contributed by atoms with Crippen LogP contribution in [0.15, 0.2) is 5.11 Å². The molecule has 0 saturated carbocycles. The standard InChI is InChI=1S/C4H6N4/c1-4(2,3-5)7-8-6/h1-2H3/i1D3,2D3. The van der Waals surface area contributed by atoms with Crippen molar-refractivity contribution in [2.24, 2.45) is 5.11 Å². The van der Waals surface area contributed by atoms with Crippen LogP contribution in [0.25, 0.3) is 10.4 Å². The van der Waals surface area contributed by atoms with E-state index in [0.717, 1.165) is 6.07 Å². The summed E-state index contributed by atoms with van der Waals surface area (Å²) < 4.78 is 41.3. The highest BCUT2D eigenvalue weighted by Crippen LogP contribution is 2.04. The van der Waals surface area contributed by atoms with Gasteiger partial charge in [-0.25, -0.2) is 0 Å². The van der Waals surface area contributed by atoms with E-state index in [-0.39, 0.29) is 0 Å². The van der Waals surface area contributed by atoms with Crippen molar-refractivity contribution in [3.63, 3.8) is 0 Å². The lowest BCUT2D eigenvalue weighted by Gasteiger charge is -2.01. The first-order valence-electron chi connectivity index (χ1n) is 4.60. The number of nitriles is 1. The average molecular weight is 116 g/mol. The van der Waals surface area contributed by atoms with E-state index in [9.17, 15) is 0 Å². The SMILES string of the molecule is [2H]C([2H])([2H])C(C#N)(N=[N+]=[N-])C([2H])([2H])[2H]. The molecule has 0 saturated heterocycles. The molecule has 0 aliphatic rings. The monoisotopic (exact) mass is 116 g/mol. The minimum Gasteiger partial charge on any atom is -0.198 e. The second-order valence-corrected chi connectivity index (χ2v) is 1.01. The van der Waals surface area contributed by atoms with Crippen molar-refractivity contribution in [3.05, 3.63) is 10.4 Å². The van der Waals surface area contributed by atoms with Crippen molar-refractivity contribution < 1.29 is 8.22 Å². The fourth-order valence-corrected chi connectivity index (χ4v) is 0.0894. The average Bonchev–Trinajstić information content (AvgIpc) is 1.94. The van der Waals surface area contributed by atoms with Gasteiger partial charge < -0.3 is 0 Å². The lowest BCUT2D eigenvalue weighted by atomic mass is 10.1. The quantitative estimate of drug-likeness (QED) is 0.291. The van der Waals surface area contributed by atoms with Gasteiger partial charge in [-0.15, -0.1) is 0 Å². The highest BCUT2D eigenvalue weighted by molar-refractivity contribution is 4.99. The summed E-state index contributed by atoms with van der Waals surface area (Å²) in [5.41, 5.74) is 5.05. The van der Waals surface area contributed by atoms with Crippen LogP contribution < -0.4 is 0 Å². The molecule has 0 aliphatic heterocycles. The van der Waals surface area contributed by atoms with Crippen LogP contribution in [0.2, 0.25) is 0 Å². The molecule has 0 fully saturated rings. The Morgan fingerprint density at radius 2 is 2.62 bits per heavy atom. The summed E-state index contributed by atoms with van der Waals surface area (Å²) in [6.45, 7) is -6.39. The number of rotatable bonds is 1. The summed E-state index contributed by atoms with van der Waals surface area (Å²) in [6, 6.07) is 1.05. The zero-order valence-corrected chi connectivity index (χ0v) is 3.79. The van der Waals surface area contributed by atoms with Crippen molar-refractivity contribution in [3.8, 4) is 6.07 Å². The lowest BCUT2D eigenvalue weighted by Crippen LogP contribution is -2.10. The van der Waals surface area contributed by atoms with E-state index in [1.165, 1.54) is 0 Å². The van der Waals surface area contributed by atoms with Gasteiger partial charge >= 0.3 is 0 Å². The van der Waals surface area contributed by atoms with E-state index >= 15 is 0 Å². The summed E-state index contributed by atoms with van der Waals surface area (Å²) in [4.78, 5) is 2.09. The Balaban J connectivity index is 5.73. The van der Waals surface area contributed by atoms with Crippen LogP contribution in [0, 0.1) is 11.3 Å². The zero-order chi connectivity index (χ0) is 11.6. The predicted molar refractivity (Wildman–Crippen MR) is 28.8 cm³/mol. The van der Waals surface area contributed by atoms with Crippen LogP contribution in [0.4, 0.5) is 0 Å². The van der Waals surface area contributed by atoms with Crippen LogP contribution in [-0.2, 0) is 0 Å². The van der Waals surface area contributed by atoms with E-state index < -0.39 is 19.2 Å². The van der Waals surface area contributed by atoms with Gasteiger partial charge in [0.05, 0.1) is 6.07 Å². The van der Waals surface area contributed by atoms with Crippen LogP contribution in [-0.4, -0.2) is 5.54 Å². The Hall–Kier alpha value is -1.20. The minimum atomic E-state index is -3.20. The number of hydrogen-bond acceptors (Lipinski definition) is 2. The molecule has 0 aromatic heterocycles. The first-order valence-corrected chi connectivity index (χ1v) is 1.60. The summed E-state index contributed by atoms with van der Waals surface area (Å²) in [7, 11) is 0. The van der Waals surface area contributed by atoms with Gasteiger partial charge in [0.25, 0.3) is 0 Å². The van der Waals surface area contributed by atoms with Gasteiger partial charge in [0, 0.05) is 13.1 Å². The second kappa shape index (κ2) is 2.20. The zero-order valence-electron chi connectivity index (χ0n) is 9.79. The molecule has 4 nitrogen and oxygen atoms in total. The van der Waals surface area contributed by atoms with Gasteiger partial charge in [-0.3, -0.25) is 0 Å². The molecule has 0 amide bonds. The molecule has 0 aromatic carbocycles. The number of azide groups is 1. The smallest absolute Gasteiger partial charge is 0.130 e.